The minimum Gasteiger partial charge on any atom is -0.323 e. The van der Waals surface area contributed by atoms with E-state index >= 15 is 0 Å². The van der Waals surface area contributed by atoms with Crippen LogP contribution in [0.3, 0.4) is 0 Å². The van der Waals surface area contributed by atoms with Gasteiger partial charge in [0.05, 0.1) is 0 Å². The largest absolute Gasteiger partial charge is 0.357 e. The maximum Gasteiger partial charge on any atom is 0.357 e. The lowest BCUT2D eigenvalue weighted by Gasteiger charge is -2.42. The molecule has 6 N–H and O–H groups in total. The van der Waals surface area contributed by atoms with E-state index in [4.69, 9.17) is 25.3 Å². The molecule has 7 nitrogen and oxygen atoms in total. The van der Waals surface area contributed by atoms with Crippen molar-refractivity contribution in [3.63, 3.8) is 0 Å². The Labute approximate surface area is 94.4 Å². The fraction of sp³-hybridized carbons (Fsp3) is 1.00. The SMILES string of the molecule is CC(C(C)(C)C)C(N)(P(=O)(O)O)P(=O)(O)O. The van der Waals surface area contributed by atoms with Gasteiger partial charge in [0, 0.05) is 5.92 Å². The Morgan fingerprint density at radius 2 is 1.25 bits per heavy atom. The van der Waals surface area contributed by atoms with Crippen molar-refractivity contribution in [2.24, 2.45) is 17.1 Å². The van der Waals surface area contributed by atoms with Gasteiger partial charge in [-0.25, -0.2) is 0 Å². The fourth-order valence-corrected chi connectivity index (χ4v) is 4.45. The zero-order valence-electron chi connectivity index (χ0n) is 9.65. The van der Waals surface area contributed by atoms with Crippen molar-refractivity contribution < 1.29 is 28.7 Å². The molecule has 1 unspecified atom stereocenters. The summed E-state index contributed by atoms with van der Waals surface area (Å²) in [5.41, 5.74) is 4.60. The van der Waals surface area contributed by atoms with Gasteiger partial charge in [0.25, 0.3) is 0 Å². The van der Waals surface area contributed by atoms with E-state index in [-0.39, 0.29) is 0 Å². The third-order valence-electron chi connectivity index (χ3n) is 2.87. The molecular formula is C7H19NO6P2. The molecule has 0 fully saturated rings. The van der Waals surface area contributed by atoms with E-state index < -0.39 is 31.5 Å². The molecule has 0 aromatic heterocycles. The summed E-state index contributed by atoms with van der Waals surface area (Å²) in [6, 6.07) is 0. The lowest BCUT2D eigenvalue weighted by atomic mass is 9.82. The number of rotatable bonds is 3. The molecule has 0 amide bonds. The molecule has 16 heavy (non-hydrogen) atoms. The molecule has 0 saturated heterocycles. The maximum atomic E-state index is 11.3. The Hall–Kier alpha value is 0.260. The van der Waals surface area contributed by atoms with Crippen LogP contribution >= 0.6 is 15.2 Å². The van der Waals surface area contributed by atoms with E-state index in [0.29, 0.717) is 0 Å². The normalized spacial score (nSPS) is 17.3. The molecule has 0 rings (SSSR count). The molecule has 0 bridgehead atoms. The maximum absolute atomic E-state index is 11.3. The monoisotopic (exact) mass is 275 g/mol. The fourth-order valence-electron chi connectivity index (χ4n) is 1.31. The lowest BCUT2D eigenvalue weighted by molar-refractivity contribution is 0.186. The van der Waals surface area contributed by atoms with Gasteiger partial charge < -0.3 is 25.3 Å². The molecule has 98 valence electrons. The summed E-state index contributed by atoms with van der Waals surface area (Å²) in [6.45, 7) is 6.12. The summed E-state index contributed by atoms with van der Waals surface area (Å²) in [6.07, 6.45) is 0. The van der Waals surface area contributed by atoms with Gasteiger partial charge >= 0.3 is 15.2 Å². The Morgan fingerprint density at radius 1 is 1.00 bits per heavy atom. The first-order valence-electron chi connectivity index (χ1n) is 4.56. The predicted molar refractivity (Wildman–Crippen MR) is 59.6 cm³/mol. The molecule has 0 aliphatic carbocycles. The van der Waals surface area contributed by atoms with Gasteiger partial charge in [-0.05, 0) is 5.41 Å². The molecule has 0 aromatic carbocycles. The van der Waals surface area contributed by atoms with E-state index in [2.05, 4.69) is 0 Å². The average Bonchev–Trinajstić information content (AvgIpc) is 1.95. The third kappa shape index (κ3) is 2.74. The highest BCUT2D eigenvalue weighted by Crippen LogP contribution is 2.70. The molecule has 1 atom stereocenters. The molecule has 9 heteroatoms. The van der Waals surface area contributed by atoms with Crippen molar-refractivity contribution in [3.05, 3.63) is 0 Å². The van der Waals surface area contributed by atoms with Crippen molar-refractivity contribution in [3.8, 4) is 0 Å². The highest BCUT2D eigenvalue weighted by molar-refractivity contribution is 7.72. The minimum atomic E-state index is -5.15. The van der Waals surface area contributed by atoms with Gasteiger partial charge in [0.15, 0.2) is 0 Å². The van der Waals surface area contributed by atoms with Crippen LogP contribution in [0.2, 0.25) is 0 Å². The Bertz CT molecular complexity index is 328. The molecule has 0 radical (unpaired) electrons. The minimum absolute atomic E-state index is 0.753. The zero-order valence-corrected chi connectivity index (χ0v) is 11.4. The molecule has 0 aromatic rings. The summed E-state index contributed by atoms with van der Waals surface area (Å²) >= 11 is 0. The second-order valence-corrected chi connectivity index (χ2v) is 8.97. The van der Waals surface area contributed by atoms with Crippen LogP contribution in [0, 0.1) is 11.3 Å². The van der Waals surface area contributed by atoms with E-state index in [1.165, 1.54) is 6.92 Å². The standard InChI is InChI=1S/C7H19NO6P2/c1-5(6(2,3)4)7(8,15(9,10)11)16(12,13)14/h5H,8H2,1-4H3,(H2,9,10,11)(H2,12,13,14). The number of hydrogen-bond acceptors (Lipinski definition) is 3. The van der Waals surface area contributed by atoms with E-state index in [1.807, 2.05) is 0 Å². The molecular weight excluding hydrogens is 256 g/mol. The molecule has 0 spiro atoms. The highest BCUT2D eigenvalue weighted by Gasteiger charge is 2.62. The van der Waals surface area contributed by atoms with Crippen molar-refractivity contribution in [1.82, 2.24) is 0 Å². The molecule has 0 aliphatic heterocycles. The van der Waals surface area contributed by atoms with E-state index in [0.717, 1.165) is 0 Å². The average molecular weight is 275 g/mol. The van der Waals surface area contributed by atoms with Gasteiger partial charge in [0.1, 0.15) is 0 Å². The lowest BCUT2D eigenvalue weighted by Crippen LogP contribution is -2.50. The predicted octanol–water partition coefficient (Wildman–Crippen LogP) is 0.636. The van der Waals surface area contributed by atoms with Gasteiger partial charge in [-0.1, -0.05) is 27.7 Å². The number of hydrogen-bond donors (Lipinski definition) is 5. The summed E-state index contributed by atoms with van der Waals surface area (Å²) < 4.78 is 22.5. The van der Waals surface area contributed by atoms with Crippen molar-refractivity contribution in [2.45, 2.75) is 32.7 Å². The quantitative estimate of drug-likeness (QED) is 0.476. The smallest absolute Gasteiger partial charge is 0.323 e. The van der Waals surface area contributed by atoms with Gasteiger partial charge in [-0.2, -0.15) is 0 Å². The van der Waals surface area contributed by atoms with E-state index in [9.17, 15) is 9.13 Å². The topological polar surface area (TPSA) is 141 Å². The second-order valence-electron chi connectivity index (χ2n) is 4.96. The van der Waals surface area contributed by atoms with Crippen LogP contribution in [0.15, 0.2) is 0 Å². The summed E-state index contributed by atoms with van der Waals surface area (Å²) in [5, 5.41) is -2.85. The highest BCUT2D eigenvalue weighted by atomic mass is 31.2. The second kappa shape index (κ2) is 4.18. The van der Waals surface area contributed by atoms with Crippen LogP contribution in [-0.2, 0) is 9.13 Å². The first kappa shape index (κ1) is 16.3. The van der Waals surface area contributed by atoms with Crippen molar-refractivity contribution in [1.29, 1.82) is 0 Å². The molecule has 0 aliphatic rings. The van der Waals surface area contributed by atoms with Crippen LogP contribution in [-0.4, -0.2) is 24.6 Å². The first-order valence-corrected chi connectivity index (χ1v) is 7.78. The molecule has 0 saturated carbocycles. The van der Waals surface area contributed by atoms with E-state index in [1.54, 1.807) is 20.8 Å². The van der Waals surface area contributed by atoms with Gasteiger partial charge in [-0.15, -0.1) is 0 Å². The van der Waals surface area contributed by atoms with Crippen LogP contribution in [0.1, 0.15) is 27.7 Å². The summed E-state index contributed by atoms with van der Waals surface area (Å²) in [4.78, 5) is 36.4. The Morgan fingerprint density at radius 3 is 1.31 bits per heavy atom. The van der Waals surface area contributed by atoms with Crippen LogP contribution in [0.4, 0.5) is 0 Å². The van der Waals surface area contributed by atoms with Crippen LogP contribution in [0.25, 0.3) is 0 Å². The third-order valence-corrected chi connectivity index (χ3v) is 7.07. The van der Waals surface area contributed by atoms with Gasteiger partial charge in [0.2, 0.25) is 5.02 Å². The molecule has 0 heterocycles. The first-order chi connectivity index (χ1) is 6.65. The number of nitrogens with two attached hydrogens (primary N) is 1. The Kier molecular flexibility index (Phi) is 4.24. The summed E-state index contributed by atoms with van der Waals surface area (Å²) in [5.74, 6) is -1.07. The van der Waals surface area contributed by atoms with Crippen molar-refractivity contribution >= 4 is 15.2 Å². The van der Waals surface area contributed by atoms with Gasteiger partial charge in [-0.3, -0.25) is 9.13 Å². The Balaban J connectivity index is 5.84. The zero-order chi connectivity index (χ0) is 13.6. The van der Waals surface area contributed by atoms with Crippen molar-refractivity contribution in [2.75, 3.05) is 0 Å². The summed E-state index contributed by atoms with van der Waals surface area (Å²) in [7, 11) is -10.3. The van der Waals surface area contributed by atoms with Crippen LogP contribution < -0.4 is 5.73 Å². The van der Waals surface area contributed by atoms with Crippen LogP contribution in [0.5, 0.6) is 0 Å².